The van der Waals surface area contributed by atoms with Gasteiger partial charge in [-0.2, -0.15) is 0 Å². The van der Waals surface area contributed by atoms with E-state index in [0.29, 0.717) is 6.61 Å². The van der Waals surface area contributed by atoms with Gasteiger partial charge in [0.1, 0.15) is 12.2 Å². The van der Waals surface area contributed by atoms with Gasteiger partial charge in [-0.05, 0) is 18.9 Å². The second kappa shape index (κ2) is 7.20. The van der Waals surface area contributed by atoms with Crippen molar-refractivity contribution < 1.29 is 9.84 Å². The average Bonchev–Trinajstić information content (AvgIpc) is 2.35. The third kappa shape index (κ3) is 3.80. The maximum Gasteiger partial charge on any atom is 0.109 e. The van der Waals surface area contributed by atoms with Gasteiger partial charge in [0.2, 0.25) is 0 Å². The summed E-state index contributed by atoms with van der Waals surface area (Å²) in [6.07, 6.45) is 4.05. The fourth-order valence-corrected chi connectivity index (χ4v) is 1.55. The summed E-state index contributed by atoms with van der Waals surface area (Å²) < 4.78 is 5.52. The van der Waals surface area contributed by atoms with Crippen LogP contribution in [0.15, 0.2) is 42.5 Å². The number of benzene rings is 1. The highest BCUT2D eigenvalue weighted by Gasteiger charge is 2.17. The van der Waals surface area contributed by atoms with E-state index in [1.165, 1.54) is 0 Å². The summed E-state index contributed by atoms with van der Waals surface area (Å²) in [5.74, 6) is 0. The predicted molar refractivity (Wildman–Crippen MR) is 66.2 cm³/mol. The van der Waals surface area contributed by atoms with Crippen LogP contribution in [0.3, 0.4) is 0 Å². The number of aliphatic hydroxyl groups excluding tert-OH is 1. The van der Waals surface area contributed by atoms with Gasteiger partial charge in [0.05, 0.1) is 0 Å². The molecule has 0 unspecified atom stereocenters. The molecule has 0 aliphatic heterocycles. The first-order valence-electron chi connectivity index (χ1n) is 5.80. The van der Waals surface area contributed by atoms with E-state index in [2.05, 4.69) is 6.92 Å². The Morgan fingerprint density at radius 2 is 1.94 bits per heavy atom. The lowest BCUT2D eigenvalue weighted by molar-refractivity contribution is -0.00587. The summed E-state index contributed by atoms with van der Waals surface area (Å²) in [4.78, 5) is 0. The molecule has 0 saturated carbocycles. The monoisotopic (exact) mass is 220 g/mol. The zero-order valence-corrected chi connectivity index (χ0v) is 9.97. The van der Waals surface area contributed by atoms with Gasteiger partial charge in [0.25, 0.3) is 0 Å². The fraction of sp³-hybridized carbons (Fsp3) is 0.429. The third-order valence-electron chi connectivity index (χ3n) is 2.37. The molecular weight excluding hydrogens is 200 g/mol. The average molecular weight is 220 g/mol. The van der Waals surface area contributed by atoms with Crippen LogP contribution in [0.25, 0.3) is 0 Å². The number of ether oxygens (including phenoxy) is 1. The van der Waals surface area contributed by atoms with E-state index in [1.807, 2.05) is 49.4 Å². The summed E-state index contributed by atoms with van der Waals surface area (Å²) in [7, 11) is 0. The SMILES string of the molecule is CC/C=C/[C@H](OCC)[C@@H](O)c1ccccc1. The molecule has 0 spiro atoms. The number of hydrogen-bond donors (Lipinski definition) is 1. The Morgan fingerprint density at radius 1 is 1.25 bits per heavy atom. The van der Waals surface area contributed by atoms with E-state index >= 15 is 0 Å². The Balaban J connectivity index is 2.74. The lowest BCUT2D eigenvalue weighted by atomic mass is 10.0. The van der Waals surface area contributed by atoms with E-state index in [-0.39, 0.29) is 6.10 Å². The molecule has 2 heteroatoms. The fourth-order valence-electron chi connectivity index (χ4n) is 1.55. The Hall–Kier alpha value is -1.12. The highest BCUT2D eigenvalue weighted by atomic mass is 16.5. The number of hydrogen-bond acceptors (Lipinski definition) is 2. The minimum absolute atomic E-state index is 0.257. The lowest BCUT2D eigenvalue weighted by Crippen LogP contribution is -2.20. The Bertz CT molecular complexity index is 306. The van der Waals surface area contributed by atoms with Crippen LogP contribution in [0.4, 0.5) is 0 Å². The predicted octanol–water partition coefficient (Wildman–Crippen LogP) is 3.09. The maximum absolute atomic E-state index is 10.2. The second-order valence-electron chi connectivity index (χ2n) is 3.61. The summed E-state index contributed by atoms with van der Waals surface area (Å²) >= 11 is 0. The normalized spacial score (nSPS) is 15.2. The maximum atomic E-state index is 10.2. The van der Waals surface area contributed by atoms with Gasteiger partial charge >= 0.3 is 0 Å². The van der Waals surface area contributed by atoms with Crippen molar-refractivity contribution in [2.75, 3.05) is 6.61 Å². The highest BCUT2D eigenvalue weighted by molar-refractivity contribution is 5.19. The van der Waals surface area contributed by atoms with E-state index < -0.39 is 6.10 Å². The number of rotatable bonds is 6. The van der Waals surface area contributed by atoms with Crippen LogP contribution in [-0.4, -0.2) is 17.8 Å². The Morgan fingerprint density at radius 3 is 2.50 bits per heavy atom. The van der Waals surface area contributed by atoms with Gasteiger partial charge in [-0.3, -0.25) is 0 Å². The van der Waals surface area contributed by atoms with Crippen LogP contribution in [0.5, 0.6) is 0 Å². The minimum Gasteiger partial charge on any atom is -0.385 e. The molecule has 0 saturated heterocycles. The Kier molecular flexibility index (Phi) is 5.83. The number of aliphatic hydroxyl groups is 1. The molecule has 1 aromatic rings. The standard InChI is InChI=1S/C14H20O2/c1-3-5-11-13(16-4-2)14(15)12-9-7-6-8-10-12/h5-11,13-15H,3-4H2,1-2H3/b11-5+/t13-,14-/m0/s1. The molecule has 88 valence electrons. The lowest BCUT2D eigenvalue weighted by Gasteiger charge is -2.20. The third-order valence-corrected chi connectivity index (χ3v) is 2.37. The van der Waals surface area contributed by atoms with E-state index in [4.69, 9.17) is 4.74 Å². The van der Waals surface area contributed by atoms with Gasteiger partial charge in [-0.1, -0.05) is 49.4 Å². The van der Waals surface area contributed by atoms with Crippen LogP contribution in [0.1, 0.15) is 31.9 Å². The van der Waals surface area contributed by atoms with Crippen molar-refractivity contribution in [3.05, 3.63) is 48.0 Å². The van der Waals surface area contributed by atoms with Crippen LogP contribution < -0.4 is 0 Å². The van der Waals surface area contributed by atoms with Crippen LogP contribution >= 0.6 is 0 Å². The van der Waals surface area contributed by atoms with Crippen molar-refractivity contribution >= 4 is 0 Å². The number of allylic oxidation sites excluding steroid dienone is 1. The summed E-state index contributed by atoms with van der Waals surface area (Å²) in [5, 5.41) is 10.2. The molecule has 0 aliphatic carbocycles. The summed E-state index contributed by atoms with van der Waals surface area (Å²) in [6.45, 7) is 4.60. The van der Waals surface area contributed by atoms with Crippen molar-refractivity contribution in [3.63, 3.8) is 0 Å². The van der Waals surface area contributed by atoms with E-state index in [1.54, 1.807) is 0 Å². The highest BCUT2D eigenvalue weighted by Crippen LogP contribution is 2.20. The van der Waals surface area contributed by atoms with Crippen molar-refractivity contribution in [3.8, 4) is 0 Å². The van der Waals surface area contributed by atoms with Crippen molar-refractivity contribution in [2.45, 2.75) is 32.5 Å². The first-order valence-corrected chi connectivity index (χ1v) is 5.80. The zero-order chi connectivity index (χ0) is 11.8. The molecule has 2 atom stereocenters. The largest absolute Gasteiger partial charge is 0.385 e. The van der Waals surface area contributed by atoms with Crippen LogP contribution in [-0.2, 0) is 4.74 Å². The molecule has 0 bridgehead atoms. The van der Waals surface area contributed by atoms with Gasteiger partial charge in [0, 0.05) is 6.61 Å². The van der Waals surface area contributed by atoms with Crippen molar-refractivity contribution in [2.24, 2.45) is 0 Å². The molecule has 0 heterocycles. The quantitative estimate of drug-likeness (QED) is 0.746. The molecule has 16 heavy (non-hydrogen) atoms. The minimum atomic E-state index is -0.594. The molecule has 0 fully saturated rings. The molecule has 0 aliphatic rings. The van der Waals surface area contributed by atoms with Crippen molar-refractivity contribution in [1.29, 1.82) is 0 Å². The molecular formula is C14H20O2. The van der Waals surface area contributed by atoms with E-state index in [0.717, 1.165) is 12.0 Å². The topological polar surface area (TPSA) is 29.5 Å². The molecule has 1 N–H and O–H groups in total. The molecule has 0 aromatic heterocycles. The first kappa shape index (κ1) is 12.9. The summed E-state index contributed by atoms with van der Waals surface area (Å²) in [5.41, 5.74) is 0.890. The molecule has 1 aromatic carbocycles. The molecule has 1 rings (SSSR count). The first-order chi connectivity index (χ1) is 7.79. The van der Waals surface area contributed by atoms with Gasteiger partial charge < -0.3 is 9.84 Å². The van der Waals surface area contributed by atoms with E-state index in [9.17, 15) is 5.11 Å². The second-order valence-corrected chi connectivity index (χ2v) is 3.61. The smallest absolute Gasteiger partial charge is 0.109 e. The zero-order valence-electron chi connectivity index (χ0n) is 9.97. The van der Waals surface area contributed by atoms with Crippen LogP contribution in [0, 0.1) is 0 Å². The molecule has 2 nitrogen and oxygen atoms in total. The summed E-state index contributed by atoms with van der Waals surface area (Å²) in [6, 6.07) is 9.61. The molecule has 0 radical (unpaired) electrons. The molecule has 0 amide bonds. The Labute approximate surface area is 97.6 Å². The van der Waals surface area contributed by atoms with Crippen LogP contribution in [0.2, 0.25) is 0 Å². The van der Waals surface area contributed by atoms with Gasteiger partial charge in [-0.15, -0.1) is 0 Å². The van der Waals surface area contributed by atoms with Gasteiger partial charge in [-0.25, -0.2) is 0 Å². The van der Waals surface area contributed by atoms with Crippen molar-refractivity contribution in [1.82, 2.24) is 0 Å². The van der Waals surface area contributed by atoms with Gasteiger partial charge in [0.15, 0.2) is 0 Å².